The number of carboxylic acids is 1. The lowest BCUT2D eigenvalue weighted by atomic mass is 9.77. The van der Waals surface area contributed by atoms with Crippen LogP contribution >= 0.6 is 0 Å². The van der Waals surface area contributed by atoms with E-state index in [9.17, 15) is 15.0 Å². The molecular weight excluding hydrogens is 264 g/mol. The number of aliphatic hydroxyl groups excluding tert-OH is 1. The highest BCUT2D eigenvalue weighted by Crippen LogP contribution is 2.36. The summed E-state index contributed by atoms with van der Waals surface area (Å²) in [6.07, 6.45) is 7.67. The third-order valence-corrected chi connectivity index (χ3v) is 4.34. The van der Waals surface area contributed by atoms with Crippen molar-refractivity contribution < 1.29 is 15.0 Å². The van der Waals surface area contributed by atoms with Crippen LogP contribution in [0.25, 0.3) is 0 Å². The lowest BCUT2D eigenvalue weighted by Gasteiger charge is -2.29. The SMILES string of the molecule is CCCCc1ccc(C(O)C2CC=CCC2C(=O)O)cc1. The first-order chi connectivity index (χ1) is 10.1. The van der Waals surface area contributed by atoms with E-state index in [-0.39, 0.29) is 5.92 Å². The predicted octanol–water partition coefficient (Wildman–Crippen LogP) is 3.73. The van der Waals surface area contributed by atoms with Gasteiger partial charge in [0.15, 0.2) is 0 Å². The van der Waals surface area contributed by atoms with Crippen molar-refractivity contribution in [3.05, 3.63) is 47.5 Å². The first-order valence-electron chi connectivity index (χ1n) is 7.78. The molecule has 0 fully saturated rings. The van der Waals surface area contributed by atoms with Crippen LogP contribution in [-0.4, -0.2) is 16.2 Å². The van der Waals surface area contributed by atoms with Crippen LogP contribution in [0.5, 0.6) is 0 Å². The quantitative estimate of drug-likeness (QED) is 0.784. The van der Waals surface area contributed by atoms with Gasteiger partial charge >= 0.3 is 5.97 Å². The molecule has 3 atom stereocenters. The molecular formula is C18H24O3. The number of rotatable bonds is 6. The van der Waals surface area contributed by atoms with Gasteiger partial charge in [0, 0.05) is 5.92 Å². The molecule has 0 bridgehead atoms. The zero-order valence-electron chi connectivity index (χ0n) is 12.5. The first kappa shape index (κ1) is 15.8. The summed E-state index contributed by atoms with van der Waals surface area (Å²) in [5, 5.41) is 19.8. The highest BCUT2D eigenvalue weighted by molar-refractivity contribution is 5.71. The minimum Gasteiger partial charge on any atom is -0.481 e. The molecule has 0 radical (unpaired) electrons. The molecule has 0 aliphatic heterocycles. The van der Waals surface area contributed by atoms with Crippen molar-refractivity contribution in [3.8, 4) is 0 Å². The number of allylic oxidation sites excluding steroid dienone is 2. The van der Waals surface area contributed by atoms with Gasteiger partial charge in [-0.15, -0.1) is 0 Å². The van der Waals surface area contributed by atoms with Gasteiger partial charge in [0.05, 0.1) is 12.0 Å². The van der Waals surface area contributed by atoms with E-state index in [0.29, 0.717) is 12.8 Å². The molecule has 0 spiro atoms. The largest absolute Gasteiger partial charge is 0.481 e. The summed E-state index contributed by atoms with van der Waals surface area (Å²) in [7, 11) is 0. The normalized spacial score (nSPS) is 23.0. The van der Waals surface area contributed by atoms with Gasteiger partial charge in [0.2, 0.25) is 0 Å². The fourth-order valence-electron chi connectivity index (χ4n) is 2.98. The Morgan fingerprint density at radius 2 is 1.90 bits per heavy atom. The van der Waals surface area contributed by atoms with Crippen LogP contribution < -0.4 is 0 Å². The molecule has 0 heterocycles. The second-order valence-electron chi connectivity index (χ2n) is 5.84. The monoisotopic (exact) mass is 288 g/mol. The summed E-state index contributed by atoms with van der Waals surface area (Å²) in [5.74, 6) is -1.55. The van der Waals surface area contributed by atoms with E-state index in [0.717, 1.165) is 18.4 Å². The smallest absolute Gasteiger partial charge is 0.307 e. The summed E-state index contributed by atoms with van der Waals surface area (Å²) < 4.78 is 0. The molecule has 0 saturated heterocycles. The summed E-state index contributed by atoms with van der Waals surface area (Å²) in [5.41, 5.74) is 2.09. The molecule has 2 rings (SSSR count). The third kappa shape index (κ3) is 3.94. The van der Waals surface area contributed by atoms with Crippen LogP contribution in [0, 0.1) is 11.8 Å². The van der Waals surface area contributed by atoms with Crippen molar-refractivity contribution in [2.75, 3.05) is 0 Å². The number of unbranched alkanes of at least 4 members (excludes halogenated alkanes) is 1. The predicted molar refractivity (Wildman–Crippen MR) is 83.0 cm³/mol. The number of carbonyl (C=O) groups is 1. The van der Waals surface area contributed by atoms with Gasteiger partial charge in [0.1, 0.15) is 0 Å². The molecule has 0 aromatic heterocycles. The van der Waals surface area contributed by atoms with Gasteiger partial charge in [-0.25, -0.2) is 0 Å². The topological polar surface area (TPSA) is 57.5 Å². The molecule has 1 aromatic carbocycles. The maximum atomic E-state index is 11.3. The fourth-order valence-corrected chi connectivity index (χ4v) is 2.98. The number of aliphatic carboxylic acids is 1. The standard InChI is InChI=1S/C18H24O3/c1-2-3-6-13-9-11-14(12-10-13)17(19)15-7-4-5-8-16(15)18(20)21/h4-5,9-12,15-17,19H,2-3,6-8H2,1H3,(H,20,21). The number of benzene rings is 1. The zero-order chi connectivity index (χ0) is 15.2. The van der Waals surface area contributed by atoms with E-state index in [1.54, 1.807) is 0 Å². The minimum absolute atomic E-state index is 0.242. The maximum absolute atomic E-state index is 11.3. The molecule has 2 N–H and O–H groups in total. The molecule has 114 valence electrons. The Hall–Kier alpha value is -1.61. The molecule has 0 amide bonds. The molecule has 3 unspecified atom stereocenters. The molecule has 1 aromatic rings. The van der Waals surface area contributed by atoms with Crippen molar-refractivity contribution in [2.24, 2.45) is 11.8 Å². The van der Waals surface area contributed by atoms with Crippen LogP contribution in [0.15, 0.2) is 36.4 Å². The lowest BCUT2D eigenvalue weighted by molar-refractivity contribution is -0.145. The van der Waals surface area contributed by atoms with Gasteiger partial charge in [-0.1, -0.05) is 49.8 Å². The van der Waals surface area contributed by atoms with Crippen molar-refractivity contribution in [1.29, 1.82) is 0 Å². The minimum atomic E-state index is -0.817. The Balaban J connectivity index is 2.09. The maximum Gasteiger partial charge on any atom is 0.307 e. The zero-order valence-corrected chi connectivity index (χ0v) is 12.5. The van der Waals surface area contributed by atoms with Crippen LogP contribution in [0.1, 0.15) is 49.8 Å². The fraction of sp³-hybridized carbons (Fsp3) is 0.500. The molecule has 1 aliphatic rings. The second kappa shape index (κ2) is 7.41. The number of carboxylic acid groups (broad SMARTS) is 1. The van der Waals surface area contributed by atoms with E-state index in [1.165, 1.54) is 12.0 Å². The summed E-state index contributed by atoms with van der Waals surface area (Å²) in [6.45, 7) is 2.17. The summed E-state index contributed by atoms with van der Waals surface area (Å²) in [6, 6.07) is 7.96. The average molecular weight is 288 g/mol. The summed E-state index contributed by atoms with van der Waals surface area (Å²) in [4.78, 5) is 11.3. The number of hydrogen-bond donors (Lipinski definition) is 2. The van der Waals surface area contributed by atoms with Crippen LogP contribution in [-0.2, 0) is 11.2 Å². The van der Waals surface area contributed by atoms with Crippen molar-refractivity contribution in [2.45, 2.75) is 45.1 Å². The third-order valence-electron chi connectivity index (χ3n) is 4.34. The van der Waals surface area contributed by atoms with Crippen LogP contribution in [0.2, 0.25) is 0 Å². The van der Waals surface area contributed by atoms with Crippen molar-refractivity contribution in [1.82, 2.24) is 0 Å². The Morgan fingerprint density at radius 3 is 2.52 bits per heavy atom. The number of aliphatic hydroxyl groups is 1. The highest BCUT2D eigenvalue weighted by Gasteiger charge is 2.34. The Labute approximate surface area is 126 Å². The molecule has 3 nitrogen and oxygen atoms in total. The van der Waals surface area contributed by atoms with E-state index < -0.39 is 18.0 Å². The summed E-state index contributed by atoms with van der Waals surface area (Å²) >= 11 is 0. The molecule has 3 heteroatoms. The second-order valence-corrected chi connectivity index (χ2v) is 5.84. The average Bonchev–Trinajstić information content (AvgIpc) is 2.52. The van der Waals surface area contributed by atoms with Gasteiger partial charge in [-0.2, -0.15) is 0 Å². The Morgan fingerprint density at radius 1 is 1.24 bits per heavy atom. The van der Waals surface area contributed by atoms with Gasteiger partial charge in [-0.3, -0.25) is 4.79 Å². The lowest BCUT2D eigenvalue weighted by Crippen LogP contribution is -2.29. The van der Waals surface area contributed by atoms with E-state index in [1.807, 2.05) is 36.4 Å². The molecule has 1 aliphatic carbocycles. The van der Waals surface area contributed by atoms with Gasteiger partial charge in [-0.05, 0) is 36.8 Å². The number of hydrogen-bond acceptors (Lipinski definition) is 2. The number of aryl methyl sites for hydroxylation is 1. The van der Waals surface area contributed by atoms with Crippen molar-refractivity contribution in [3.63, 3.8) is 0 Å². The van der Waals surface area contributed by atoms with E-state index in [4.69, 9.17) is 0 Å². The van der Waals surface area contributed by atoms with Crippen LogP contribution in [0.4, 0.5) is 0 Å². The van der Waals surface area contributed by atoms with Crippen molar-refractivity contribution >= 4 is 5.97 Å². The first-order valence-corrected chi connectivity index (χ1v) is 7.78. The highest BCUT2D eigenvalue weighted by atomic mass is 16.4. The molecule has 21 heavy (non-hydrogen) atoms. The van der Waals surface area contributed by atoms with Gasteiger partial charge in [0.25, 0.3) is 0 Å². The van der Waals surface area contributed by atoms with Crippen LogP contribution in [0.3, 0.4) is 0 Å². The molecule has 0 saturated carbocycles. The van der Waals surface area contributed by atoms with Gasteiger partial charge < -0.3 is 10.2 Å². The Kier molecular flexibility index (Phi) is 5.57. The Bertz CT molecular complexity index is 490. The van der Waals surface area contributed by atoms with E-state index in [2.05, 4.69) is 6.92 Å². The van der Waals surface area contributed by atoms with E-state index >= 15 is 0 Å².